The van der Waals surface area contributed by atoms with Crippen molar-refractivity contribution in [3.63, 3.8) is 0 Å². The first-order chi connectivity index (χ1) is 4.61. The number of rotatable bonds is 0. The first-order valence-corrected chi connectivity index (χ1v) is 3.38. The molecule has 0 aromatic heterocycles. The molecular weight excluding hydrogens is 170 g/mol. The van der Waals surface area contributed by atoms with Crippen LogP contribution in [0.2, 0.25) is 0 Å². The second kappa shape index (κ2) is 4.23. The number of hydrogen-bond donors (Lipinski definition) is 3. The summed E-state index contributed by atoms with van der Waals surface area (Å²) in [6, 6.07) is -0.362. The Labute approximate surface area is 71.8 Å². The van der Waals surface area contributed by atoms with Crippen molar-refractivity contribution in [2.75, 3.05) is 0 Å². The number of ether oxygens (including phenoxy) is 1. The van der Waals surface area contributed by atoms with Gasteiger partial charge in [0.2, 0.25) is 0 Å². The van der Waals surface area contributed by atoms with Gasteiger partial charge in [-0.25, -0.2) is 0 Å². The molecule has 4 N–H and O–H groups in total. The van der Waals surface area contributed by atoms with Gasteiger partial charge in [-0.15, -0.1) is 12.4 Å². The lowest BCUT2D eigenvalue weighted by molar-refractivity contribution is -0.198. The van der Waals surface area contributed by atoms with E-state index in [-0.39, 0.29) is 24.6 Å². The van der Waals surface area contributed by atoms with E-state index in [1.165, 1.54) is 0 Å². The molecule has 1 rings (SSSR count). The summed E-state index contributed by atoms with van der Waals surface area (Å²) in [4.78, 5) is 0. The van der Waals surface area contributed by atoms with E-state index in [4.69, 9.17) is 15.6 Å². The van der Waals surface area contributed by atoms with Crippen molar-refractivity contribution in [1.29, 1.82) is 0 Å². The molecule has 1 aliphatic rings. The average molecular weight is 184 g/mol. The fourth-order valence-electron chi connectivity index (χ4n) is 1.10. The van der Waals surface area contributed by atoms with Crippen LogP contribution in [-0.2, 0) is 4.74 Å². The summed E-state index contributed by atoms with van der Waals surface area (Å²) in [6.45, 7) is 1.69. The van der Waals surface area contributed by atoms with Crippen LogP contribution in [0, 0.1) is 0 Å². The van der Waals surface area contributed by atoms with Crippen molar-refractivity contribution < 1.29 is 14.9 Å². The van der Waals surface area contributed by atoms with E-state index in [1.54, 1.807) is 6.92 Å². The van der Waals surface area contributed by atoms with E-state index in [0.29, 0.717) is 6.42 Å². The van der Waals surface area contributed by atoms with E-state index in [2.05, 4.69) is 0 Å². The van der Waals surface area contributed by atoms with Crippen molar-refractivity contribution in [2.45, 2.75) is 37.9 Å². The van der Waals surface area contributed by atoms with Crippen LogP contribution in [0.1, 0.15) is 13.3 Å². The first kappa shape index (κ1) is 11.1. The number of nitrogens with two attached hydrogens (primary N) is 1. The molecule has 4 nitrogen and oxygen atoms in total. The van der Waals surface area contributed by atoms with Crippen LogP contribution in [0.25, 0.3) is 0 Å². The van der Waals surface area contributed by atoms with Gasteiger partial charge in [-0.1, -0.05) is 0 Å². The van der Waals surface area contributed by atoms with E-state index >= 15 is 0 Å². The molecule has 1 saturated heterocycles. The number of aliphatic hydroxyl groups excluding tert-OH is 2. The standard InChI is InChI=1S/C6H13NO3.ClH/c1-3-6(9)4(7)2-5(8)10-3;/h3-6,8-9H,2,7H2,1H3;1H/t3?,4-,5+,6-;/m1./s1. The molecule has 0 aromatic carbocycles. The van der Waals surface area contributed by atoms with Crippen LogP contribution in [-0.4, -0.2) is 34.8 Å². The smallest absolute Gasteiger partial charge is 0.156 e. The molecule has 1 fully saturated rings. The van der Waals surface area contributed by atoms with Gasteiger partial charge in [-0.05, 0) is 6.92 Å². The van der Waals surface area contributed by atoms with Crippen molar-refractivity contribution in [3.8, 4) is 0 Å². The van der Waals surface area contributed by atoms with Crippen LogP contribution >= 0.6 is 12.4 Å². The molecule has 0 amide bonds. The molecule has 4 atom stereocenters. The summed E-state index contributed by atoms with van der Waals surface area (Å²) in [5, 5.41) is 18.2. The number of hydrogen-bond acceptors (Lipinski definition) is 4. The van der Waals surface area contributed by atoms with Gasteiger partial charge in [0.25, 0.3) is 0 Å². The summed E-state index contributed by atoms with van der Waals surface area (Å²) in [7, 11) is 0. The van der Waals surface area contributed by atoms with E-state index in [0.717, 1.165) is 0 Å². The first-order valence-electron chi connectivity index (χ1n) is 3.38. The minimum absolute atomic E-state index is 0. The molecule has 11 heavy (non-hydrogen) atoms. The molecule has 0 spiro atoms. The minimum Gasteiger partial charge on any atom is -0.389 e. The molecule has 1 heterocycles. The minimum atomic E-state index is -0.812. The second-order valence-electron chi connectivity index (χ2n) is 2.69. The van der Waals surface area contributed by atoms with E-state index < -0.39 is 12.4 Å². The number of halogens is 1. The summed E-state index contributed by atoms with van der Waals surface area (Å²) in [5.41, 5.74) is 5.47. The highest BCUT2D eigenvalue weighted by Gasteiger charge is 2.31. The molecule has 0 radical (unpaired) electrons. The molecule has 1 aliphatic heterocycles. The fraction of sp³-hybridized carbons (Fsp3) is 1.00. The SMILES string of the molecule is CC1O[C@H](O)C[C@@H](N)[C@@H]1O.Cl. The zero-order chi connectivity index (χ0) is 7.72. The summed E-state index contributed by atoms with van der Waals surface area (Å²) in [5.74, 6) is 0. The maximum absolute atomic E-state index is 9.20. The lowest BCUT2D eigenvalue weighted by atomic mass is 10.0. The third-order valence-electron chi connectivity index (χ3n) is 1.77. The summed E-state index contributed by atoms with van der Waals surface area (Å²) < 4.78 is 4.89. The third kappa shape index (κ3) is 2.57. The molecule has 0 bridgehead atoms. The lowest BCUT2D eigenvalue weighted by Crippen LogP contribution is -2.51. The highest BCUT2D eigenvalue weighted by molar-refractivity contribution is 5.85. The Morgan fingerprint density at radius 2 is 2.00 bits per heavy atom. The Hall–Kier alpha value is 0.130. The quantitative estimate of drug-likeness (QED) is 0.461. The Morgan fingerprint density at radius 3 is 2.45 bits per heavy atom. The Morgan fingerprint density at radius 1 is 1.45 bits per heavy atom. The largest absolute Gasteiger partial charge is 0.389 e. The molecule has 1 unspecified atom stereocenters. The molecular formula is C6H14ClNO3. The van der Waals surface area contributed by atoms with Gasteiger partial charge in [0.15, 0.2) is 6.29 Å². The van der Waals surface area contributed by atoms with Crippen molar-refractivity contribution in [1.82, 2.24) is 0 Å². The molecule has 5 heteroatoms. The fourth-order valence-corrected chi connectivity index (χ4v) is 1.10. The molecule has 0 aliphatic carbocycles. The zero-order valence-electron chi connectivity index (χ0n) is 6.30. The van der Waals surface area contributed by atoms with Gasteiger partial charge >= 0.3 is 0 Å². The highest BCUT2D eigenvalue weighted by atomic mass is 35.5. The maximum Gasteiger partial charge on any atom is 0.156 e. The topological polar surface area (TPSA) is 75.7 Å². The second-order valence-corrected chi connectivity index (χ2v) is 2.69. The summed E-state index contributed by atoms with van der Waals surface area (Å²) >= 11 is 0. The average Bonchev–Trinajstić information content (AvgIpc) is 1.82. The predicted octanol–water partition coefficient (Wildman–Crippen LogP) is -0.776. The van der Waals surface area contributed by atoms with Crippen LogP contribution < -0.4 is 5.73 Å². The van der Waals surface area contributed by atoms with Crippen molar-refractivity contribution >= 4 is 12.4 Å². The zero-order valence-corrected chi connectivity index (χ0v) is 7.12. The van der Waals surface area contributed by atoms with Crippen LogP contribution in [0.4, 0.5) is 0 Å². The Kier molecular flexibility index (Phi) is 4.28. The van der Waals surface area contributed by atoms with Gasteiger partial charge < -0.3 is 20.7 Å². The number of aliphatic hydroxyl groups is 2. The third-order valence-corrected chi connectivity index (χ3v) is 1.77. The van der Waals surface area contributed by atoms with Crippen LogP contribution in [0.15, 0.2) is 0 Å². The van der Waals surface area contributed by atoms with Gasteiger partial charge in [0.1, 0.15) is 0 Å². The Bertz CT molecular complexity index is 112. The molecule has 68 valence electrons. The highest BCUT2D eigenvalue weighted by Crippen LogP contribution is 2.16. The van der Waals surface area contributed by atoms with Gasteiger partial charge in [0, 0.05) is 12.5 Å². The summed E-state index contributed by atoms with van der Waals surface area (Å²) in [6.07, 6.45) is -1.51. The van der Waals surface area contributed by atoms with Gasteiger partial charge in [-0.3, -0.25) is 0 Å². The van der Waals surface area contributed by atoms with Crippen LogP contribution in [0.3, 0.4) is 0 Å². The molecule has 0 saturated carbocycles. The predicted molar refractivity (Wildman–Crippen MR) is 42.4 cm³/mol. The van der Waals surface area contributed by atoms with Crippen LogP contribution in [0.5, 0.6) is 0 Å². The normalized spacial score (nSPS) is 44.7. The maximum atomic E-state index is 9.20. The van der Waals surface area contributed by atoms with Crippen molar-refractivity contribution in [2.24, 2.45) is 5.73 Å². The Balaban J connectivity index is 0.000001000. The van der Waals surface area contributed by atoms with Gasteiger partial charge in [-0.2, -0.15) is 0 Å². The monoisotopic (exact) mass is 183 g/mol. The molecule has 0 aromatic rings. The van der Waals surface area contributed by atoms with E-state index in [9.17, 15) is 5.11 Å². The lowest BCUT2D eigenvalue weighted by Gasteiger charge is -2.33. The van der Waals surface area contributed by atoms with Gasteiger partial charge in [0.05, 0.1) is 12.2 Å². The van der Waals surface area contributed by atoms with Crippen molar-refractivity contribution in [3.05, 3.63) is 0 Å². The van der Waals surface area contributed by atoms with E-state index in [1.807, 2.05) is 0 Å².